The van der Waals surface area contributed by atoms with E-state index in [4.69, 9.17) is 0 Å². The lowest BCUT2D eigenvalue weighted by molar-refractivity contribution is -0.123. The topological polar surface area (TPSA) is 87.8 Å². The summed E-state index contributed by atoms with van der Waals surface area (Å²) in [6, 6.07) is 6.11. The molecule has 2 aromatic heterocycles. The smallest absolute Gasteiger partial charge is 0.262 e. The van der Waals surface area contributed by atoms with Crippen LogP contribution < -0.4 is 10.9 Å². The summed E-state index contributed by atoms with van der Waals surface area (Å²) in [7, 11) is 1.74. The van der Waals surface area contributed by atoms with Gasteiger partial charge in [0.25, 0.3) is 5.56 Å². The van der Waals surface area contributed by atoms with Crippen LogP contribution in [0.1, 0.15) is 31.7 Å². The molecule has 3 heterocycles. The summed E-state index contributed by atoms with van der Waals surface area (Å²) in [6.07, 6.45) is 0.936. The van der Waals surface area contributed by atoms with E-state index in [1.165, 1.54) is 0 Å². The summed E-state index contributed by atoms with van der Waals surface area (Å²) in [6.45, 7) is 10.6. The van der Waals surface area contributed by atoms with Gasteiger partial charge in [-0.25, -0.2) is 0 Å². The Bertz CT molecular complexity index is 1160. The van der Waals surface area contributed by atoms with Gasteiger partial charge in [-0.3, -0.25) is 28.4 Å². The molecule has 9 heteroatoms. The standard InChI is InChI=1S/C22H31N7O2/c1-5-16(3)23-20(30)14-28-10-8-27(9-11-28)13-19-24-25-22-26(4)21(31)17-12-15(2)6-7-18(17)29(19)22/h6-7,12,16H,5,8-11,13-14H2,1-4H3,(H,23,30). The van der Waals surface area contributed by atoms with E-state index < -0.39 is 0 Å². The molecule has 1 atom stereocenters. The van der Waals surface area contributed by atoms with E-state index >= 15 is 0 Å². The van der Waals surface area contributed by atoms with Crippen molar-refractivity contribution < 1.29 is 4.79 Å². The predicted octanol–water partition coefficient (Wildman–Crippen LogP) is 0.922. The number of aryl methyl sites for hydroxylation is 2. The summed E-state index contributed by atoms with van der Waals surface area (Å²) in [4.78, 5) is 29.4. The van der Waals surface area contributed by atoms with Gasteiger partial charge in [0.2, 0.25) is 11.7 Å². The van der Waals surface area contributed by atoms with Crippen LogP contribution in [-0.2, 0) is 18.4 Å². The predicted molar refractivity (Wildman–Crippen MR) is 120 cm³/mol. The van der Waals surface area contributed by atoms with E-state index in [0.29, 0.717) is 24.3 Å². The van der Waals surface area contributed by atoms with Crippen molar-refractivity contribution in [2.45, 2.75) is 39.8 Å². The Balaban J connectivity index is 1.49. The summed E-state index contributed by atoms with van der Waals surface area (Å²) in [5.74, 6) is 1.47. The van der Waals surface area contributed by atoms with Crippen molar-refractivity contribution in [1.82, 2.24) is 34.3 Å². The molecule has 1 unspecified atom stereocenters. The van der Waals surface area contributed by atoms with E-state index in [-0.39, 0.29) is 17.5 Å². The lowest BCUT2D eigenvalue weighted by Gasteiger charge is -2.34. The van der Waals surface area contributed by atoms with Gasteiger partial charge in [0.05, 0.1) is 24.0 Å². The largest absolute Gasteiger partial charge is 0.353 e. The normalized spacial score (nSPS) is 16.8. The molecule has 0 bridgehead atoms. The van der Waals surface area contributed by atoms with Crippen LogP contribution in [-0.4, -0.2) is 73.6 Å². The highest BCUT2D eigenvalue weighted by Crippen LogP contribution is 2.17. The SMILES string of the molecule is CCC(C)NC(=O)CN1CCN(Cc2nnc3n(C)c(=O)c4cc(C)ccc4n23)CC1. The number of piperazine rings is 1. The maximum atomic E-state index is 12.7. The molecule has 1 aliphatic rings. The Morgan fingerprint density at radius 2 is 1.87 bits per heavy atom. The molecule has 1 aliphatic heterocycles. The van der Waals surface area contributed by atoms with Gasteiger partial charge >= 0.3 is 0 Å². The van der Waals surface area contributed by atoms with Crippen LogP contribution >= 0.6 is 0 Å². The van der Waals surface area contributed by atoms with Crippen molar-refractivity contribution in [2.24, 2.45) is 7.05 Å². The van der Waals surface area contributed by atoms with E-state index in [9.17, 15) is 9.59 Å². The van der Waals surface area contributed by atoms with Crippen molar-refractivity contribution in [2.75, 3.05) is 32.7 Å². The number of amides is 1. The Labute approximate surface area is 181 Å². The first-order valence-corrected chi connectivity index (χ1v) is 10.9. The first-order chi connectivity index (χ1) is 14.9. The molecule has 0 spiro atoms. The second-order valence-corrected chi connectivity index (χ2v) is 8.57. The molecular formula is C22H31N7O2. The number of nitrogens with one attached hydrogen (secondary N) is 1. The van der Waals surface area contributed by atoms with E-state index in [1.807, 2.05) is 36.4 Å². The number of nitrogens with zero attached hydrogens (tertiary/aromatic N) is 6. The molecular weight excluding hydrogens is 394 g/mol. The third kappa shape index (κ3) is 4.33. The monoisotopic (exact) mass is 425 g/mol. The fourth-order valence-corrected chi connectivity index (χ4v) is 4.09. The first kappa shape index (κ1) is 21.5. The molecule has 166 valence electrons. The third-order valence-corrected chi connectivity index (χ3v) is 6.16. The number of carbonyl (C=O) groups is 1. The number of aromatic nitrogens is 4. The molecule has 1 aromatic carbocycles. The van der Waals surface area contributed by atoms with Gasteiger partial charge in [0, 0.05) is 39.3 Å². The van der Waals surface area contributed by atoms with Gasteiger partial charge < -0.3 is 5.32 Å². The third-order valence-electron chi connectivity index (χ3n) is 6.16. The molecule has 1 amide bonds. The quantitative estimate of drug-likeness (QED) is 0.632. The van der Waals surface area contributed by atoms with Crippen molar-refractivity contribution in [3.63, 3.8) is 0 Å². The van der Waals surface area contributed by atoms with Gasteiger partial charge in [-0.2, -0.15) is 0 Å². The zero-order valence-corrected chi connectivity index (χ0v) is 18.8. The minimum atomic E-state index is -0.0607. The van der Waals surface area contributed by atoms with Crippen molar-refractivity contribution >= 4 is 22.6 Å². The van der Waals surface area contributed by atoms with Crippen LogP contribution in [0.3, 0.4) is 0 Å². The van der Waals surface area contributed by atoms with E-state index in [2.05, 4.69) is 32.2 Å². The summed E-state index contributed by atoms with van der Waals surface area (Å²) in [5.41, 5.74) is 1.82. The van der Waals surface area contributed by atoms with E-state index in [0.717, 1.165) is 49.5 Å². The minimum absolute atomic E-state index is 0.0607. The second kappa shape index (κ2) is 8.76. The van der Waals surface area contributed by atoms with Crippen molar-refractivity contribution in [3.8, 4) is 0 Å². The Kier molecular flexibility index (Phi) is 6.06. The van der Waals surface area contributed by atoms with E-state index in [1.54, 1.807) is 11.6 Å². The van der Waals surface area contributed by atoms with Crippen molar-refractivity contribution in [3.05, 3.63) is 39.9 Å². The lowest BCUT2D eigenvalue weighted by atomic mass is 10.1. The Morgan fingerprint density at radius 1 is 1.16 bits per heavy atom. The molecule has 3 aromatic rings. The fraction of sp³-hybridized carbons (Fsp3) is 0.545. The van der Waals surface area contributed by atoms with Gasteiger partial charge in [-0.05, 0) is 32.4 Å². The zero-order chi connectivity index (χ0) is 22.1. The number of carbonyl (C=O) groups excluding carboxylic acids is 1. The van der Waals surface area contributed by atoms with Crippen LogP contribution in [0.5, 0.6) is 0 Å². The highest BCUT2D eigenvalue weighted by molar-refractivity contribution is 5.81. The summed E-state index contributed by atoms with van der Waals surface area (Å²) >= 11 is 0. The van der Waals surface area contributed by atoms with Gasteiger partial charge in [-0.1, -0.05) is 18.6 Å². The van der Waals surface area contributed by atoms with Gasteiger partial charge in [0.15, 0.2) is 5.82 Å². The lowest BCUT2D eigenvalue weighted by Crippen LogP contribution is -2.50. The molecule has 0 saturated carbocycles. The minimum Gasteiger partial charge on any atom is -0.353 e. The molecule has 1 fully saturated rings. The molecule has 9 nitrogen and oxygen atoms in total. The van der Waals surface area contributed by atoms with Crippen LogP contribution in [0.15, 0.2) is 23.0 Å². The number of hydrogen-bond donors (Lipinski definition) is 1. The van der Waals surface area contributed by atoms with Crippen molar-refractivity contribution in [1.29, 1.82) is 0 Å². The molecule has 4 rings (SSSR count). The van der Waals surface area contributed by atoms with Crippen LogP contribution in [0, 0.1) is 6.92 Å². The van der Waals surface area contributed by atoms with Crippen LogP contribution in [0.25, 0.3) is 16.7 Å². The van der Waals surface area contributed by atoms with Gasteiger partial charge in [-0.15, -0.1) is 10.2 Å². The number of benzene rings is 1. The Morgan fingerprint density at radius 3 is 2.58 bits per heavy atom. The van der Waals surface area contributed by atoms with Crippen LogP contribution in [0.2, 0.25) is 0 Å². The number of fused-ring (bicyclic) bond motifs is 3. The molecule has 31 heavy (non-hydrogen) atoms. The fourth-order valence-electron chi connectivity index (χ4n) is 4.09. The maximum Gasteiger partial charge on any atom is 0.262 e. The Hall–Kier alpha value is -2.78. The molecule has 0 aliphatic carbocycles. The summed E-state index contributed by atoms with van der Waals surface area (Å²) < 4.78 is 3.55. The first-order valence-electron chi connectivity index (χ1n) is 10.9. The summed E-state index contributed by atoms with van der Waals surface area (Å²) in [5, 5.41) is 12.4. The molecule has 1 N–H and O–H groups in total. The average Bonchev–Trinajstić information content (AvgIpc) is 3.17. The average molecular weight is 426 g/mol. The number of hydrogen-bond acceptors (Lipinski definition) is 6. The van der Waals surface area contributed by atoms with Crippen LogP contribution in [0.4, 0.5) is 0 Å². The molecule has 0 radical (unpaired) electrons. The highest BCUT2D eigenvalue weighted by atomic mass is 16.2. The highest BCUT2D eigenvalue weighted by Gasteiger charge is 2.22. The maximum absolute atomic E-state index is 12.7. The zero-order valence-electron chi connectivity index (χ0n) is 18.8. The molecule has 1 saturated heterocycles. The number of rotatable bonds is 6. The van der Waals surface area contributed by atoms with Gasteiger partial charge in [0.1, 0.15) is 0 Å². The second-order valence-electron chi connectivity index (χ2n) is 8.57.